The first-order chi connectivity index (χ1) is 12.0. The van der Waals surface area contributed by atoms with Gasteiger partial charge < -0.3 is 9.64 Å². The van der Waals surface area contributed by atoms with Gasteiger partial charge in [-0.3, -0.25) is 14.5 Å². The molecule has 2 heterocycles. The van der Waals surface area contributed by atoms with Crippen LogP contribution in [-0.2, 0) is 14.3 Å². The number of amides is 3. The molecule has 2 fully saturated rings. The lowest BCUT2D eigenvalue weighted by molar-refractivity contribution is -0.918. The fourth-order valence-electron chi connectivity index (χ4n) is 3.35. The van der Waals surface area contributed by atoms with Crippen molar-refractivity contribution in [2.45, 2.75) is 19.4 Å². The average molecular weight is 350 g/mol. The smallest absolute Gasteiger partial charge is 0.410 e. The summed E-state index contributed by atoms with van der Waals surface area (Å²) in [6.07, 6.45) is -0.214. The summed E-state index contributed by atoms with van der Waals surface area (Å²) in [6, 6.07) is 4.87. The van der Waals surface area contributed by atoms with Crippen LogP contribution in [0.3, 0.4) is 0 Å². The molecule has 3 amide bonds. The number of carbonyl (C=O) groups is 3. The van der Waals surface area contributed by atoms with E-state index in [1.165, 1.54) is 24.3 Å². The number of rotatable bonds is 3. The van der Waals surface area contributed by atoms with Crippen molar-refractivity contribution >= 4 is 23.6 Å². The molecule has 25 heavy (non-hydrogen) atoms. The molecule has 1 aromatic carbocycles. The van der Waals surface area contributed by atoms with Gasteiger partial charge in [0.05, 0.1) is 44.9 Å². The van der Waals surface area contributed by atoms with Crippen LogP contribution in [0.25, 0.3) is 0 Å². The largest absolute Gasteiger partial charge is 0.450 e. The minimum Gasteiger partial charge on any atom is -0.450 e. The van der Waals surface area contributed by atoms with Gasteiger partial charge in [0, 0.05) is 0 Å². The third-order valence-electron chi connectivity index (χ3n) is 4.66. The second kappa shape index (κ2) is 7.18. The van der Waals surface area contributed by atoms with Crippen molar-refractivity contribution in [1.82, 2.24) is 4.90 Å². The molecule has 0 radical (unpaired) electrons. The number of piperazine rings is 1. The van der Waals surface area contributed by atoms with E-state index in [9.17, 15) is 18.8 Å². The molecule has 2 saturated heterocycles. The van der Waals surface area contributed by atoms with Crippen molar-refractivity contribution in [2.24, 2.45) is 0 Å². The average Bonchev–Trinajstić information content (AvgIpc) is 2.91. The fraction of sp³-hybridized carbons (Fsp3) is 0.471. The first-order valence-electron chi connectivity index (χ1n) is 8.40. The van der Waals surface area contributed by atoms with Crippen LogP contribution in [0.1, 0.15) is 13.3 Å². The molecule has 134 valence electrons. The normalized spacial score (nSPS) is 21.8. The lowest BCUT2D eigenvalue weighted by atomic mass is 10.2. The van der Waals surface area contributed by atoms with Gasteiger partial charge in [0.2, 0.25) is 5.91 Å². The van der Waals surface area contributed by atoms with Crippen LogP contribution < -0.4 is 9.80 Å². The van der Waals surface area contributed by atoms with Gasteiger partial charge in [-0.1, -0.05) is 0 Å². The summed E-state index contributed by atoms with van der Waals surface area (Å²) >= 11 is 0. The van der Waals surface area contributed by atoms with E-state index in [-0.39, 0.29) is 24.3 Å². The Balaban J connectivity index is 1.65. The van der Waals surface area contributed by atoms with Crippen molar-refractivity contribution < 1.29 is 28.4 Å². The molecular formula is C17H21FN3O4+. The van der Waals surface area contributed by atoms with Gasteiger partial charge in [0.1, 0.15) is 5.82 Å². The Morgan fingerprint density at radius 3 is 2.48 bits per heavy atom. The summed E-state index contributed by atoms with van der Waals surface area (Å²) in [7, 11) is 0. The van der Waals surface area contributed by atoms with Crippen LogP contribution in [0.5, 0.6) is 0 Å². The maximum absolute atomic E-state index is 13.1. The Kier molecular flexibility index (Phi) is 4.98. The van der Waals surface area contributed by atoms with E-state index >= 15 is 0 Å². The van der Waals surface area contributed by atoms with E-state index in [4.69, 9.17) is 4.74 Å². The van der Waals surface area contributed by atoms with Crippen molar-refractivity contribution in [3.8, 4) is 0 Å². The summed E-state index contributed by atoms with van der Waals surface area (Å²) in [4.78, 5) is 40.5. The maximum atomic E-state index is 13.1. The zero-order valence-electron chi connectivity index (χ0n) is 14.0. The molecule has 8 heteroatoms. The highest BCUT2D eigenvalue weighted by atomic mass is 19.1. The fourth-order valence-corrected chi connectivity index (χ4v) is 3.35. The molecule has 0 spiro atoms. The number of hydrogen-bond donors (Lipinski definition) is 1. The number of nitrogens with one attached hydrogen (secondary N) is 1. The van der Waals surface area contributed by atoms with Gasteiger partial charge in [-0.15, -0.1) is 0 Å². The maximum Gasteiger partial charge on any atom is 0.410 e. The van der Waals surface area contributed by atoms with Gasteiger partial charge in [-0.25, -0.2) is 14.1 Å². The zero-order chi connectivity index (χ0) is 18.0. The predicted octanol–water partition coefficient (Wildman–Crippen LogP) is -0.185. The second-order valence-corrected chi connectivity index (χ2v) is 6.14. The zero-order valence-corrected chi connectivity index (χ0v) is 14.0. The number of anilines is 1. The van der Waals surface area contributed by atoms with Crippen LogP contribution >= 0.6 is 0 Å². The molecule has 7 nitrogen and oxygen atoms in total. The Hall–Kier alpha value is -2.48. The highest BCUT2D eigenvalue weighted by molar-refractivity contribution is 6.21. The van der Waals surface area contributed by atoms with E-state index < -0.39 is 11.9 Å². The number of halogens is 1. The van der Waals surface area contributed by atoms with Crippen molar-refractivity contribution in [3.63, 3.8) is 0 Å². The van der Waals surface area contributed by atoms with E-state index in [1.54, 1.807) is 11.8 Å². The van der Waals surface area contributed by atoms with Crippen molar-refractivity contribution in [3.05, 3.63) is 30.1 Å². The van der Waals surface area contributed by atoms with Crippen molar-refractivity contribution in [2.75, 3.05) is 37.7 Å². The SMILES string of the molecule is CCOC(=O)N1CC[NH+]([C@@H]2CC(=O)N(c3ccc(F)cc3)C2=O)CC1. The molecule has 0 saturated carbocycles. The van der Waals surface area contributed by atoms with E-state index in [0.29, 0.717) is 38.5 Å². The lowest BCUT2D eigenvalue weighted by Crippen LogP contribution is -3.19. The molecule has 1 aromatic rings. The third kappa shape index (κ3) is 3.48. The van der Waals surface area contributed by atoms with Crippen LogP contribution in [0, 0.1) is 5.82 Å². The summed E-state index contributed by atoms with van der Waals surface area (Å²) < 4.78 is 18.0. The molecule has 0 aliphatic carbocycles. The molecular weight excluding hydrogens is 329 g/mol. The molecule has 3 rings (SSSR count). The number of hydrogen-bond acceptors (Lipinski definition) is 4. The molecule has 1 atom stereocenters. The Bertz CT molecular complexity index is 671. The summed E-state index contributed by atoms with van der Waals surface area (Å²) in [5.74, 6) is -0.960. The molecule has 2 aliphatic heterocycles. The van der Waals surface area contributed by atoms with Gasteiger partial charge in [-0.05, 0) is 31.2 Å². The number of quaternary nitrogens is 1. The molecule has 0 aromatic heterocycles. The first kappa shape index (κ1) is 17.3. The van der Waals surface area contributed by atoms with E-state index in [2.05, 4.69) is 0 Å². The number of imide groups is 1. The molecule has 0 bridgehead atoms. The van der Waals surface area contributed by atoms with Crippen LogP contribution in [0.4, 0.5) is 14.9 Å². The van der Waals surface area contributed by atoms with Gasteiger partial charge >= 0.3 is 6.09 Å². The molecule has 0 unspecified atom stereocenters. The number of ether oxygens (including phenoxy) is 1. The van der Waals surface area contributed by atoms with Crippen LogP contribution in [0.2, 0.25) is 0 Å². The predicted molar refractivity (Wildman–Crippen MR) is 86.6 cm³/mol. The quantitative estimate of drug-likeness (QED) is 0.768. The van der Waals surface area contributed by atoms with Gasteiger partial charge in [0.15, 0.2) is 6.04 Å². The molecule has 1 N–H and O–H groups in total. The number of nitrogens with zero attached hydrogens (tertiary/aromatic N) is 2. The standard InChI is InChI=1S/C17H20FN3O4/c1-2-25-17(24)20-9-7-19(8-10-20)14-11-15(22)21(16(14)23)13-5-3-12(18)4-6-13/h3-6,14H,2,7-11H2,1H3/p+1/t14-/m1/s1. The topological polar surface area (TPSA) is 71.4 Å². The van der Waals surface area contributed by atoms with E-state index in [1.807, 2.05) is 0 Å². The Labute approximate surface area is 144 Å². The van der Waals surface area contributed by atoms with Crippen molar-refractivity contribution in [1.29, 1.82) is 0 Å². The van der Waals surface area contributed by atoms with Crippen LogP contribution in [0.15, 0.2) is 24.3 Å². The second-order valence-electron chi connectivity index (χ2n) is 6.14. The van der Waals surface area contributed by atoms with Crippen LogP contribution in [-0.4, -0.2) is 61.6 Å². The van der Waals surface area contributed by atoms with Gasteiger partial charge in [0.25, 0.3) is 5.91 Å². The molecule has 2 aliphatic rings. The highest BCUT2D eigenvalue weighted by Crippen LogP contribution is 2.22. The Morgan fingerprint density at radius 1 is 1.24 bits per heavy atom. The number of benzene rings is 1. The lowest BCUT2D eigenvalue weighted by Gasteiger charge is -2.33. The van der Waals surface area contributed by atoms with E-state index in [0.717, 1.165) is 9.80 Å². The summed E-state index contributed by atoms with van der Waals surface area (Å²) in [6.45, 7) is 4.23. The Morgan fingerprint density at radius 2 is 1.88 bits per heavy atom. The summed E-state index contributed by atoms with van der Waals surface area (Å²) in [5, 5.41) is 0. The minimum atomic E-state index is -0.457. The number of carbonyl (C=O) groups excluding carboxylic acids is 3. The third-order valence-corrected chi connectivity index (χ3v) is 4.66. The monoisotopic (exact) mass is 350 g/mol. The highest BCUT2D eigenvalue weighted by Gasteiger charge is 2.46. The minimum absolute atomic E-state index is 0.130. The van der Waals surface area contributed by atoms with Gasteiger partial charge in [-0.2, -0.15) is 0 Å². The summed E-state index contributed by atoms with van der Waals surface area (Å²) in [5.41, 5.74) is 0.392. The first-order valence-corrected chi connectivity index (χ1v) is 8.40.